The molecule has 29 heavy (non-hydrogen) atoms. The average molecular weight is 394 g/mol. The summed E-state index contributed by atoms with van der Waals surface area (Å²) in [5, 5.41) is 8.25. The Morgan fingerprint density at radius 3 is 3.14 bits per heavy atom. The number of carbonyl (C=O) groups is 1. The van der Waals surface area contributed by atoms with Gasteiger partial charge in [-0.2, -0.15) is 5.10 Å². The maximum absolute atomic E-state index is 13.6. The highest BCUT2D eigenvalue weighted by Gasteiger charge is 2.21. The van der Waals surface area contributed by atoms with Crippen molar-refractivity contribution in [3.05, 3.63) is 42.0 Å². The molecule has 9 heteroatoms. The van der Waals surface area contributed by atoms with Gasteiger partial charge in [0.05, 0.1) is 29.9 Å². The molecule has 0 spiro atoms. The van der Waals surface area contributed by atoms with Gasteiger partial charge >= 0.3 is 0 Å². The number of nitrogens with zero attached hydrogens (tertiary/aromatic N) is 4. The van der Waals surface area contributed by atoms with Gasteiger partial charge in [0.15, 0.2) is 5.65 Å². The van der Waals surface area contributed by atoms with Crippen LogP contribution in [0.3, 0.4) is 0 Å². The minimum absolute atomic E-state index is 0.00743. The molecule has 0 saturated carbocycles. The van der Waals surface area contributed by atoms with Gasteiger partial charge in [0, 0.05) is 25.2 Å². The zero-order valence-electron chi connectivity index (χ0n) is 15.8. The van der Waals surface area contributed by atoms with Crippen molar-refractivity contribution in [2.24, 2.45) is 7.05 Å². The second-order valence-electron chi connectivity index (χ2n) is 7.18. The predicted octanol–water partition coefficient (Wildman–Crippen LogP) is 2.56. The Morgan fingerprint density at radius 1 is 1.41 bits per heavy atom. The predicted molar refractivity (Wildman–Crippen MR) is 105 cm³/mol. The number of aromatic amines is 1. The van der Waals surface area contributed by atoms with Gasteiger partial charge in [-0.25, -0.2) is 14.4 Å². The van der Waals surface area contributed by atoms with Crippen LogP contribution in [0.5, 0.6) is 0 Å². The van der Waals surface area contributed by atoms with E-state index in [0.29, 0.717) is 40.2 Å². The second kappa shape index (κ2) is 6.93. The van der Waals surface area contributed by atoms with Gasteiger partial charge in [0.25, 0.3) is 5.91 Å². The van der Waals surface area contributed by atoms with Gasteiger partial charge in [-0.05, 0) is 31.0 Å². The number of hydrogen-bond donors (Lipinski definition) is 2. The summed E-state index contributed by atoms with van der Waals surface area (Å²) in [6.07, 6.45) is 5.03. The van der Waals surface area contributed by atoms with Crippen LogP contribution in [0.4, 0.5) is 4.39 Å². The highest BCUT2D eigenvalue weighted by molar-refractivity contribution is 6.05. The van der Waals surface area contributed by atoms with Gasteiger partial charge in [0.2, 0.25) is 0 Å². The van der Waals surface area contributed by atoms with Gasteiger partial charge < -0.3 is 15.0 Å². The zero-order valence-corrected chi connectivity index (χ0v) is 15.8. The first kappa shape index (κ1) is 17.7. The molecule has 1 atom stereocenters. The molecule has 0 radical (unpaired) electrons. The molecule has 0 unspecified atom stereocenters. The number of amides is 1. The van der Waals surface area contributed by atoms with E-state index >= 15 is 0 Å². The highest BCUT2D eigenvalue weighted by Crippen LogP contribution is 2.28. The standard InChI is InChI=1S/C20H19FN6O2/c1-27-16-7-11(21)4-5-13(16)17(26-27)15-9-23-19-18(25-15)14(8-22-19)20(28)24-12-3-2-6-29-10-12/h4-5,7-9,12H,2-3,6,10H2,1H3,(H,22,23)(H,24,28)/t12-/m1/s1. The topological polar surface area (TPSA) is 97.7 Å². The van der Waals surface area contributed by atoms with Crippen LogP contribution >= 0.6 is 0 Å². The molecule has 4 aromatic rings. The summed E-state index contributed by atoms with van der Waals surface area (Å²) in [5.41, 5.74) is 3.18. The van der Waals surface area contributed by atoms with E-state index in [1.165, 1.54) is 12.1 Å². The lowest BCUT2D eigenvalue weighted by Gasteiger charge is -2.22. The van der Waals surface area contributed by atoms with Gasteiger partial charge in [-0.15, -0.1) is 0 Å². The van der Waals surface area contributed by atoms with E-state index in [1.54, 1.807) is 30.2 Å². The molecule has 4 heterocycles. The molecule has 148 valence electrons. The molecule has 5 rings (SSSR count). The van der Waals surface area contributed by atoms with E-state index in [4.69, 9.17) is 4.74 Å². The molecule has 1 amide bonds. The Hall–Kier alpha value is -3.33. The largest absolute Gasteiger partial charge is 0.379 e. The lowest BCUT2D eigenvalue weighted by Crippen LogP contribution is -2.40. The van der Waals surface area contributed by atoms with Crippen molar-refractivity contribution in [2.75, 3.05) is 13.2 Å². The number of aryl methyl sites for hydroxylation is 1. The fourth-order valence-electron chi connectivity index (χ4n) is 3.72. The quantitative estimate of drug-likeness (QED) is 0.557. The van der Waals surface area contributed by atoms with Crippen LogP contribution in [0.2, 0.25) is 0 Å². The van der Waals surface area contributed by atoms with Crippen LogP contribution < -0.4 is 5.32 Å². The number of aromatic nitrogens is 5. The van der Waals surface area contributed by atoms with Crippen molar-refractivity contribution in [3.8, 4) is 11.4 Å². The number of rotatable bonds is 3. The van der Waals surface area contributed by atoms with Crippen LogP contribution in [0.15, 0.2) is 30.6 Å². The molecular weight excluding hydrogens is 375 g/mol. The third-order valence-electron chi connectivity index (χ3n) is 5.18. The van der Waals surface area contributed by atoms with Gasteiger partial charge in [-0.3, -0.25) is 9.48 Å². The number of nitrogens with one attached hydrogen (secondary N) is 2. The van der Waals surface area contributed by atoms with E-state index < -0.39 is 0 Å². The van der Waals surface area contributed by atoms with Crippen LogP contribution in [-0.4, -0.2) is 49.9 Å². The smallest absolute Gasteiger partial charge is 0.255 e. The summed E-state index contributed by atoms with van der Waals surface area (Å²) in [7, 11) is 1.75. The Bertz CT molecular complexity index is 1220. The number of benzene rings is 1. The number of carbonyl (C=O) groups excluding carboxylic acids is 1. The van der Waals surface area contributed by atoms with Crippen molar-refractivity contribution in [1.82, 2.24) is 30.0 Å². The third kappa shape index (κ3) is 3.13. The molecule has 0 bridgehead atoms. The summed E-state index contributed by atoms with van der Waals surface area (Å²) < 4.78 is 20.6. The summed E-state index contributed by atoms with van der Waals surface area (Å²) in [6, 6.07) is 4.49. The van der Waals surface area contributed by atoms with E-state index in [2.05, 4.69) is 25.4 Å². The van der Waals surface area contributed by atoms with Crippen LogP contribution in [-0.2, 0) is 11.8 Å². The first-order chi connectivity index (χ1) is 14.1. The van der Waals surface area contributed by atoms with Gasteiger partial charge in [0.1, 0.15) is 22.7 Å². The highest BCUT2D eigenvalue weighted by atomic mass is 19.1. The number of fused-ring (bicyclic) bond motifs is 2. The van der Waals surface area contributed by atoms with Crippen LogP contribution in [0, 0.1) is 5.82 Å². The molecule has 1 aliphatic heterocycles. The lowest BCUT2D eigenvalue weighted by atomic mass is 10.1. The summed E-state index contributed by atoms with van der Waals surface area (Å²) in [6.45, 7) is 1.25. The van der Waals surface area contributed by atoms with E-state index in [0.717, 1.165) is 24.8 Å². The van der Waals surface area contributed by atoms with Crippen molar-refractivity contribution in [2.45, 2.75) is 18.9 Å². The van der Waals surface area contributed by atoms with Crippen LogP contribution in [0.1, 0.15) is 23.2 Å². The SMILES string of the molecule is Cn1nc(-c2cnc3[nH]cc(C(=O)N[C@@H]4CCCOC4)c3n2)c2ccc(F)cc21. The molecule has 1 aliphatic rings. The number of H-pyrrole nitrogens is 1. The maximum atomic E-state index is 13.6. The maximum Gasteiger partial charge on any atom is 0.255 e. The third-order valence-corrected chi connectivity index (χ3v) is 5.18. The number of ether oxygens (including phenoxy) is 1. The minimum Gasteiger partial charge on any atom is -0.379 e. The first-order valence-electron chi connectivity index (χ1n) is 9.45. The Morgan fingerprint density at radius 2 is 2.31 bits per heavy atom. The molecule has 1 aromatic carbocycles. The average Bonchev–Trinajstić information content (AvgIpc) is 3.29. The summed E-state index contributed by atoms with van der Waals surface area (Å²) in [5.74, 6) is -0.545. The van der Waals surface area contributed by atoms with Crippen molar-refractivity contribution >= 4 is 28.0 Å². The zero-order chi connectivity index (χ0) is 20.0. The fraction of sp³-hybridized carbons (Fsp3) is 0.300. The molecule has 2 N–H and O–H groups in total. The number of hydrogen-bond acceptors (Lipinski definition) is 5. The normalized spacial score (nSPS) is 17.1. The molecule has 0 aliphatic carbocycles. The first-order valence-corrected chi connectivity index (χ1v) is 9.45. The second-order valence-corrected chi connectivity index (χ2v) is 7.18. The summed E-state index contributed by atoms with van der Waals surface area (Å²) in [4.78, 5) is 24.8. The molecule has 8 nitrogen and oxygen atoms in total. The molecule has 1 saturated heterocycles. The van der Waals surface area contributed by atoms with E-state index in [9.17, 15) is 9.18 Å². The Labute approximate surface area is 165 Å². The monoisotopic (exact) mass is 394 g/mol. The fourth-order valence-corrected chi connectivity index (χ4v) is 3.72. The van der Waals surface area contributed by atoms with Gasteiger partial charge in [-0.1, -0.05) is 0 Å². The Kier molecular flexibility index (Phi) is 4.24. The number of halogens is 1. The molecule has 3 aromatic heterocycles. The van der Waals surface area contributed by atoms with Crippen molar-refractivity contribution < 1.29 is 13.9 Å². The lowest BCUT2D eigenvalue weighted by molar-refractivity contribution is 0.0625. The molecular formula is C20H19FN6O2. The van der Waals surface area contributed by atoms with E-state index in [-0.39, 0.29) is 17.8 Å². The van der Waals surface area contributed by atoms with Crippen LogP contribution in [0.25, 0.3) is 33.5 Å². The Balaban J connectivity index is 1.54. The van der Waals surface area contributed by atoms with Crippen molar-refractivity contribution in [3.63, 3.8) is 0 Å². The summed E-state index contributed by atoms with van der Waals surface area (Å²) >= 11 is 0. The molecule has 1 fully saturated rings. The minimum atomic E-state index is -0.329. The van der Waals surface area contributed by atoms with E-state index in [1.807, 2.05) is 0 Å². The van der Waals surface area contributed by atoms with Crippen molar-refractivity contribution in [1.29, 1.82) is 0 Å².